The largest absolute Gasteiger partial charge is 0.318 e. The maximum absolute atomic E-state index is 3.38. The van der Waals surface area contributed by atoms with E-state index in [0.717, 1.165) is 6.54 Å². The van der Waals surface area contributed by atoms with Crippen LogP contribution in [0, 0.1) is 6.92 Å². The minimum Gasteiger partial charge on any atom is -0.318 e. The molecule has 1 aromatic rings. The average Bonchev–Trinajstić information content (AvgIpc) is 2.32. The van der Waals surface area contributed by atoms with Crippen molar-refractivity contribution < 1.29 is 0 Å². The Morgan fingerprint density at radius 3 is 2.82 bits per heavy atom. The van der Waals surface area contributed by atoms with E-state index in [1.807, 2.05) is 0 Å². The van der Waals surface area contributed by atoms with E-state index >= 15 is 0 Å². The Morgan fingerprint density at radius 1 is 1.35 bits per heavy atom. The molecule has 0 aliphatic carbocycles. The predicted molar refractivity (Wildman–Crippen MR) is 73.3 cm³/mol. The van der Waals surface area contributed by atoms with Crippen LogP contribution < -0.4 is 5.32 Å². The van der Waals surface area contributed by atoms with Crippen molar-refractivity contribution in [3.8, 4) is 0 Å². The van der Waals surface area contributed by atoms with Crippen LogP contribution in [0.25, 0.3) is 0 Å². The molecule has 0 aromatic heterocycles. The first kappa shape index (κ1) is 12.6. The standard InChI is InChI=1S/C15H24N2/c1-13-7-6-8-14(11-13)15(12-16-2)9-4-5-10-17(15)3/h6-8,11,16H,4-5,9-10,12H2,1-3H3. The van der Waals surface area contributed by atoms with Crippen molar-refractivity contribution in [2.24, 2.45) is 0 Å². The van der Waals surface area contributed by atoms with Crippen molar-refractivity contribution in [1.29, 1.82) is 0 Å². The third kappa shape index (κ3) is 2.38. The number of likely N-dealkylation sites (N-methyl/N-ethyl adjacent to an activating group) is 2. The van der Waals surface area contributed by atoms with Gasteiger partial charge in [0.2, 0.25) is 0 Å². The number of benzene rings is 1. The van der Waals surface area contributed by atoms with Gasteiger partial charge in [0.05, 0.1) is 5.54 Å². The van der Waals surface area contributed by atoms with Crippen LogP contribution in [0.5, 0.6) is 0 Å². The normalized spacial score (nSPS) is 26.1. The first-order valence-electron chi connectivity index (χ1n) is 6.62. The molecule has 1 aromatic carbocycles. The third-order valence-electron chi connectivity index (χ3n) is 4.09. The lowest BCUT2D eigenvalue weighted by atomic mass is 9.80. The summed E-state index contributed by atoms with van der Waals surface area (Å²) >= 11 is 0. The van der Waals surface area contributed by atoms with Crippen molar-refractivity contribution in [3.05, 3.63) is 35.4 Å². The van der Waals surface area contributed by atoms with Crippen LogP contribution in [0.3, 0.4) is 0 Å². The number of rotatable bonds is 3. The molecular weight excluding hydrogens is 208 g/mol. The topological polar surface area (TPSA) is 15.3 Å². The van der Waals surface area contributed by atoms with E-state index in [2.05, 4.69) is 55.5 Å². The van der Waals surface area contributed by atoms with Gasteiger partial charge in [0.25, 0.3) is 0 Å². The van der Waals surface area contributed by atoms with Gasteiger partial charge in [-0.05, 0) is 52.4 Å². The highest BCUT2D eigenvalue weighted by atomic mass is 15.2. The zero-order valence-corrected chi connectivity index (χ0v) is 11.3. The van der Waals surface area contributed by atoms with Gasteiger partial charge in [-0.3, -0.25) is 4.90 Å². The van der Waals surface area contributed by atoms with E-state index in [9.17, 15) is 0 Å². The summed E-state index contributed by atoms with van der Waals surface area (Å²) in [6, 6.07) is 9.00. The fourth-order valence-corrected chi connectivity index (χ4v) is 3.09. The molecular formula is C15H24N2. The second-order valence-electron chi connectivity index (χ2n) is 5.31. The Kier molecular flexibility index (Phi) is 3.85. The molecule has 17 heavy (non-hydrogen) atoms. The van der Waals surface area contributed by atoms with Crippen LogP contribution in [0.1, 0.15) is 30.4 Å². The van der Waals surface area contributed by atoms with E-state index in [4.69, 9.17) is 0 Å². The summed E-state index contributed by atoms with van der Waals surface area (Å²) in [6.45, 7) is 4.42. The van der Waals surface area contributed by atoms with Crippen molar-refractivity contribution in [3.63, 3.8) is 0 Å². The summed E-state index contributed by atoms with van der Waals surface area (Å²) < 4.78 is 0. The van der Waals surface area contributed by atoms with E-state index in [1.165, 1.54) is 36.9 Å². The molecule has 2 nitrogen and oxygen atoms in total. The fourth-order valence-electron chi connectivity index (χ4n) is 3.09. The fraction of sp³-hybridized carbons (Fsp3) is 0.600. The highest BCUT2D eigenvalue weighted by molar-refractivity contribution is 5.30. The molecule has 1 aliphatic rings. The van der Waals surface area contributed by atoms with Crippen LogP contribution >= 0.6 is 0 Å². The zero-order valence-electron chi connectivity index (χ0n) is 11.3. The van der Waals surface area contributed by atoms with Crippen LogP contribution in [0.2, 0.25) is 0 Å². The summed E-state index contributed by atoms with van der Waals surface area (Å²) in [5.41, 5.74) is 3.02. The number of hydrogen-bond donors (Lipinski definition) is 1. The number of nitrogens with zero attached hydrogens (tertiary/aromatic N) is 1. The molecule has 1 saturated heterocycles. The molecule has 0 spiro atoms. The molecule has 0 saturated carbocycles. The summed E-state index contributed by atoms with van der Waals surface area (Å²) in [6.07, 6.45) is 3.92. The Hall–Kier alpha value is -0.860. The maximum Gasteiger partial charge on any atom is 0.0583 e. The lowest BCUT2D eigenvalue weighted by molar-refractivity contribution is 0.0716. The van der Waals surface area contributed by atoms with Gasteiger partial charge in [-0.2, -0.15) is 0 Å². The van der Waals surface area contributed by atoms with E-state index < -0.39 is 0 Å². The molecule has 94 valence electrons. The van der Waals surface area contributed by atoms with Gasteiger partial charge in [0.15, 0.2) is 0 Å². The number of aryl methyl sites for hydroxylation is 1. The number of hydrogen-bond acceptors (Lipinski definition) is 2. The van der Waals surface area contributed by atoms with Crippen LogP contribution in [-0.4, -0.2) is 32.1 Å². The lowest BCUT2D eigenvalue weighted by Gasteiger charge is -2.46. The highest BCUT2D eigenvalue weighted by Gasteiger charge is 2.37. The first-order chi connectivity index (χ1) is 8.19. The smallest absolute Gasteiger partial charge is 0.0583 e. The molecule has 1 N–H and O–H groups in total. The van der Waals surface area contributed by atoms with Gasteiger partial charge in [-0.15, -0.1) is 0 Å². The van der Waals surface area contributed by atoms with E-state index in [1.54, 1.807) is 0 Å². The maximum atomic E-state index is 3.38. The monoisotopic (exact) mass is 232 g/mol. The molecule has 0 amide bonds. The number of likely N-dealkylation sites (tertiary alicyclic amines) is 1. The molecule has 1 heterocycles. The quantitative estimate of drug-likeness (QED) is 0.861. The van der Waals surface area contributed by atoms with Crippen molar-refractivity contribution in [1.82, 2.24) is 10.2 Å². The molecule has 1 unspecified atom stereocenters. The molecule has 0 bridgehead atoms. The number of piperidine rings is 1. The SMILES string of the molecule is CNCC1(c2cccc(C)c2)CCCCN1C. The first-order valence-corrected chi connectivity index (χ1v) is 6.62. The average molecular weight is 232 g/mol. The van der Waals surface area contributed by atoms with Crippen molar-refractivity contribution in [2.45, 2.75) is 31.7 Å². The Bertz CT molecular complexity index is 371. The highest BCUT2D eigenvalue weighted by Crippen LogP contribution is 2.36. The Balaban J connectivity index is 2.39. The third-order valence-corrected chi connectivity index (χ3v) is 4.09. The predicted octanol–water partition coefficient (Wildman–Crippen LogP) is 2.53. The summed E-state index contributed by atoms with van der Waals surface area (Å²) in [4.78, 5) is 2.53. The minimum atomic E-state index is 0.193. The van der Waals surface area contributed by atoms with E-state index in [-0.39, 0.29) is 5.54 Å². The van der Waals surface area contributed by atoms with Crippen LogP contribution in [0.15, 0.2) is 24.3 Å². The summed E-state index contributed by atoms with van der Waals surface area (Å²) in [5.74, 6) is 0. The zero-order chi connectivity index (χ0) is 12.3. The Labute approximate surface area is 105 Å². The van der Waals surface area contributed by atoms with Gasteiger partial charge < -0.3 is 5.32 Å². The summed E-state index contributed by atoms with van der Waals surface area (Å²) in [5, 5.41) is 3.38. The van der Waals surface area contributed by atoms with Gasteiger partial charge in [-0.1, -0.05) is 29.8 Å². The molecule has 2 rings (SSSR count). The van der Waals surface area contributed by atoms with Crippen LogP contribution in [-0.2, 0) is 5.54 Å². The summed E-state index contributed by atoms with van der Waals surface area (Å²) in [7, 11) is 4.32. The Morgan fingerprint density at radius 2 is 2.18 bits per heavy atom. The molecule has 1 aliphatic heterocycles. The molecule has 1 atom stereocenters. The lowest BCUT2D eigenvalue weighted by Crippen LogP contribution is -2.52. The second-order valence-corrected chi connectivity index (χ2v) is 5.31. The molecule has 0 radical (unpaired) electrons. The molecule has 2 heteroatoms. The van der Waals surface area contributed by atoms with Crippen molar-refractivity contribution in [2.75, 3.05) is 27.2 Å². The van der Waals surface area contributed by atoms with Gasteiger partial charge in [0, 0.05) is 6.54 Å². The van der Waals surface area contributed by atoms with Crippen molar-refractivity contribution >= 4 is 0 Å². The van der Waals surface area contributed by atoms with Gasteiger partial charge in [0.1, 0.15) is 0 Å². The van der Waals surface area contributed by atoms with Gasteiger partial charge in [-0.25, -0.2) is 0 Å². The molecule has 1 fully saturated rings. The van der Waals surface area contributed by atoms with Gasteiger partial charge >= 0.3 is 0 Å². The minimum absolute atomic E-state index is 0.193. The van der Waals surface area contributed by atoms with E-state index in [0.29, 0.717) is 0 Å². The van der Waals surface area contributed by atoms with Crippen LogP contribution in [0.4, 0.5) is 0 Å². The second kappa shape index (κ2) is 5.19. The number of nitrogens with one attached hydrogen (secondary N) is 1.